The first-order valence-electron chi connectivity index (χ1n) is 2.78. The Hall–Kier alpha value is 0.480. The molecule has 0 heterocycles. The molecule has 1 aliphatic carbocycles. The molecule has 0 aromatic carbocycles. The van der Waals surface area contributed by atoms with E-state index in [1.165, 1.54) is 12.8 Å². The smallest absolute Gasteiger partial charge is 0.0202 e. The number of hydrogen-bond donors (Lipinski definition) is 0. The Morgan fingerprint density at radius 2 is 2.43 bits per heavy atom. The van der Waals surface area contributed by atoms with Crippen LogP contribution in [0.2, 0.25) is 0 Å². The van der Waals surface area contributed by atoms with Crippen LogP contribution in [0, 0.1) is 12.3 Å². The van der Waals surface area contributed by atoms with Crippen LogP contribution in [-0.4, -0.2) is 4.83 Å². The first-order chi connectivity index (χ1) is 3.30. The first-order valence-corrected chi connectivity index (χ1v) is 3.69. The molecule has 1 aliphatic rings. The highest BCUT2D eigenvalue weighted by Crippen LogP contribution is 2.29. The maximum Gasteiger partial charge on any atom is 0.0202 e. The molecular formula is C6H10Br. The summed E-state index contributed by atoms with van der Waals surface area (Å²) in [6.45, 7) is 2.28. The predicted octanol–water partition coefficient (Wildman–Crippen LogP) is 2.38. The maximum atomic E-state index is 3.55. The summed E-state index contributed by atoms with van der Waals surface area (Å²) in [4.78, 5) is 0.701. The van der Waals surface area contributed by atoms with Gasteiger partial charge in [0.05, 0.1) is 0 Å². The molecule has 1 heteroatoms. The summed E-state index contributed by atoms with van der Waals surface area (Å²) in [5.74, 6) is 0.875. The van der Waals surface area contributed by atoms with Gasteiger partial charge in [-0.15, -0.1) is 0 Å². The highest BCUT2D eigenvalue weighted by atomic mass is 79.9. The SMILES string of the molecule is CC1CC[CH]C1Br. The molecule has 1 fully saturated rings. The van der Waals surface area contributed by atoms with Gasteiger partial charge in [0.25, 0.3) is 0 Å². The van der Waals surface area contributed by atoms with Crippen LogP contribution in [0.15, 0.2) is 0 Å². The van der Waals surface area contributed by atoms with Gasteiger partial charge in [0.15, 0.2) is 0 Å². The van der Waals surface area contributed by atoms with Crippen LogP contribution < -0.4 is 0 Å². The van der Waals surface area contributed by atoms with Gasteiger partial charge in [0.1, 0.15) is 0 Å². The zero-order valence-corrected chi connectivity index (χ0v) is 6.11. The van der Waals surface area contributed by atoms with Crippen LogP contribution in [0.1, 0.15) is 19.8 Å². The first kappa shape index (κ1) is 5.61. The third-order valence-electron chi connectivity index (χ3n) is 1.56. The number of rotatable bonds is 0. The maximum absolute atomic E-state index is 3.55. The van der Waals surface area contributed by atoms with Crippen LogP contribution in [-0.2, 0) is 0 Å². The Bertz CT molecular complexity index is 53.2. The molecule has 0 spiro atoms. The van der Waals surface area contributed by atoms with E-state index in [1.54, 1.807) is 0 Å². The van der Waals surface area contributed by atoms with Gasteiger partial charge < -0.3 is 0 Å². The van der Waals surface area contributed by atoms with E-state index in [1.807, 2.05) is 0 Å². The summed E-state index contributed by atoms with van der Waals surface area (Å²) in [5, 5.41) is 0. The summed E-state index contributed by atoms with van der Waals surface area (Å²) in [6.07, 6.45) is 5.01. The van der Waals surface area contributed by atoms with Crippen LogP contribution in [0.4, 0.5) is 0 Å². The Balaban J connectivity index is 2.33. The van der Waals surface area contributed by atoms with Gasteiger partial charge in [-0.05, 0) is 25.2 Å². The van der Waals surface area contributed by atoms with E-state index in [4.69, 9.17) is 0 Å². The summed E-state index contributed by atoms with van der Waals surface area (Å²) >= 11 is 3.55. The zero-order chi connectivity index (χ0) is 5.28. The molecule has 0 nitrogen and oxygen atoms in total. The Morgan fingerprint density at radius 1 is 1.71 bits per heavy atom. The van der Waals surface area contributed by atoms with E-state index in [0.717, 1.165) is 5.92 Å². The lowest BCUT2D eigenvalue weighted by Gasteiger charge is -2.02. The second-order valence-corrected chi connectivity index (χ2v) is 3.29. The molecule has 7 heavy (non-hydrogen) atoms. The van der Waals surface area contributed by atoms with Crippen molar-refractivity contribution in [3.63, 3.8) is 0 Å². The molecule has 1 rings (SSSR count). The van der Waals surface area contributed by atoms with Crippen LogP contribution in [0.5, 0.6) is 0 Å². The van der Waals surface area contributed by atoms with Crippen molar-refractivity contribution >= 4 is 15.9 Å². The largest absolute Gasteiger partial charge is 0.0885 e. The van der Waals surface area contributed by atoms with Crippen molar-refractivity contribution in [2.24, 2.45) is 5.92 Å². The van der Waals surface area contributed by atoms with E-state index >= 15 is 0 Å². The molecule has 0 aromatic rings. The summed E-state index contributed by atoms with van der Waals surface area (Å²) in [7, 11) is 0. The Morgan fingerprint density at radius 3 is 2.57 bits per heavy atom. The van der Waals surface area contributed by atoms with Crippen molar-refractivity contribution in [2.75, 3.05) is 0 Å². The minimum atomic E-state index is 0.701. The fourth-order valence-electron chi connectivity index (χ4n) is 0.910. The average molecular weight is 162 g/mol. The van der Waals surface area contributed by atoms with E-state index in [0.29, 0.717) is 4.83 Å². The molecule has 1 radical (unpaired) electrons. The monoisotopic (exact) mass is 161 g/mol. The highest BCUT2D eigenvalue weighted by Gasteiger charge is 2.19. The normalized spacial score (nSPS) is 42.0. The third kappa shape index (κ3) is 1.18. The highest BCUT2D eigenvalue weighted by molar-refractivity contribution is 9.09. The molecule has 2 atom stereocenters. The number of alkyl halides is 1. The van der Waals surface area contributed by atoms with Crippen molar-refractivity contribution in [1.29, 1.82) is 0 Å². The number of halogens is 1. The van der Waals surface area contributed by atoms with E-state index < -0.39 is 0 Å². The van der Waals surface area contributed by atoms with Crippen molar-refractivity contribution in [3.8, 4) is 0 Å². The van der Waals surface area contributed by atoms with Gasteiger partial charge in [-0.25, -0.2) is 0 Å². The molecule has 1 saturated carbocycles. The lowest BCUT2D eigenvalue weighted by atomic mass is 10.1. The molecule has 0 bridgehead atoms. The van der Waals surface area contributed by atoms with E-state index in [2.05, 4.69) is 29.3 Å². The minimum absolute atomic E-state index is 0.701. The Kier molecular flexibility index (Phi) is 1.74. The predicted molar refractivity (Wildman–Crippen MR) is 35.4 cm³/mol. The van der Waals surface area contributed by atoms with Gasteiger partial charge in [-0.1, -0.05) is 22.9 Å². The van der Waals surface area contributed by atoms with Crippen molar-refractivity contribution in [2.45, 2.75) is 24.6 Å². The summed E-state index contributed by atoms with van der Waals surface area (Å²) in [6, 6.07) is 0. The van der Waals surface area contributed by atoms with Crippen molar-refractivity contribution in [3.05, 3.63) is 6.42 Å². The van der Waals surface area contributed by atoms with E-state index in [-0.39, 0.29) is 0 Å². The fraction of sp³-hybridized carbons (Fsp3) is 0.833. The standard InChI is InChI=1S/C6H10Br/c1-5-3-2-4-6(5)7/h4-6H,2-3H2,1H3. The second kappa shape index (κ2) is 2.17. The van der Waals surface area contributed by atoms with E-state index in [9.17, 15) is 0 Å². The van der Waals surface area contributed by atoms with Crippen LogP contribution >= 0.6 is 15.9 Å². The summed E-state index contributed by atoms with van der Waals surface area (Å²) in [5.41, 5.74) is 0. The average Bonchev–Trinajstić information content (AvgIpc) is 1.91. The fourth-order valence-corrected chi connectivity index (χ4v) is 1.44. The second-order valence-electron chi connectivity index (χ2n) is 2.23. The van der Waals surface area contributed by atoms with Gasteiger partial charge in [-0.2, -0.15) is 0 Å². The van der Waals surface area contributed by atoms with Gasteiger partial charge >= 0.3 is 0 Å². The van der Waals surface area contributed by atoms with Gasteiger partial charge in [-0.3, -0.25) is 0 Å². The lowest BCUT2D eigenvalue weighted by Crippen LogP contribution is -1.99. The van der Waals surface area contributed by atoms with Crippen molar-refractivity contribution in [1.82, 2.24) is 0 Å². The molecule has 0 amide bonds. The van der Waals surface area contributed by atoms with Gasteiger partial charge in [0, 0.05) is 4.83 Å². The quantitative estimate of drug-likeness (QED) is 0.479. The molecule has 0 aromatic heterocycles. The molecule has 0 saturated heterocycles. The van der Waals surface area contributed by atoms with Crippen LogP contribution in [0.3, 0.4) is 0 Å². The van der Waals surface area contributed by atoms with Crippen molar-refractivity contribution < 1.29 is 0 Å². The van der Waals surface area contributed by atoms with Gasteiger partial charge in [0.2, 0.25) is 0 Å². The molecule has 0 aliphatic heterocycles. The molecule has 2 unspecified atom stereocenters. The van der Waals surface area contributed by atoms with Crippen LogP contribution in [0.25, 0.3) is 0 Å². The molecule has 41 valence electrons. The lowest BCUT2D eigenvalue weighted by molar-refractivity contribution is 0.635. The molecular weight excluding hydrogens is 152 g/mol. The summed E-state index contributed by atoms with van der Waals surface area (Å²) < 4.78 is 0. The minimum Gasteiger partial charge on any atom is -0.0885 e. The molecule has 0 N–H and O–H groups in total. The Labute approximate surface area is 53.4 Å². The third-order valence-corrected chi connectivity index (χ3v) is 2.83. The number of hydrogen-bond acceptors (Lipinski definition) is 0. The topological polar surface area (TPSA) is 0 Å². The zero-order valence-electron chi connectivity index (χ0n) is 4.52.